The summed E-state index contributed by atoms with van der Waals surface area (Å²) in [5, 5.41) is 9.15. The van der Waals surface area contributed by atoms with Gasteiger partial charge in [-0.05, 0) is 17.0 Å². The van der Waals surface area contributed by atoms with Gasteiger partial charge in [0.15, 0.2) is 5.65 Å². The number of H-pyrrole nitrogens is 1. The fourth-order valence-electron chi connectivity index (χ4n) is 1.47. The van der Waals surface area contributed by atoms with Crippen molar-refractivity contribution in [1.82, 2.24) is 15.2 Å². The molecule has 0 amide bonds. The first-order valence-corrected chi connectivity index (χ1v) is 5.38. The summed E-state index contributed by atoms with van der Waals surface area (Å²) in [7, 11) is 0. The van der Waals surface area contributed by atoms with Crippen LogP contribution >= 0.6 is 0 Å². The van der Waals surface area contributed by atoms with Gasteiger partial charge in [-0.15, -0.1) is 5.10 Å². The Morgan fingerprint density at radius 2 is 1.87 bits per heavy atom. The third-order valence-corrected chi connectivity index (χ3v) is 2.17. The van der Waals surface area contributed by atoms with Crippen LogP contribution in [0.2, 0.25) is 0 Å². The monoisotopic (exact) mass is 205 g/mol. The van der Waals surface area contributed by atoms with Crippen molar-refractivity contribution >= 4 is 11.0 Å². The number of fused-ring (bicyclic) bond motifs is 1. The van der Waals surface area contributed by atoms with Gasteiger partial charge in [-0.25, -0.2) is 0 Å². The van der Waals surface area contributed by atoms with Gasteiger partial charge in [-0.1, -0.05) is 34.6 Å². The van der Waals surface area contributed by atoms with E-state index in [1.165, 1.54) is 10.9 Å². The van der Waals surface area contributed by atoms with Crippen LogP contribution in [0.3, 0.4) is 0 Å². The Kier molecular flexibility index (Phi) is 3.45. The number of aromatic amines is 1. The molecule has 3 heteroatoms. The molecule has 0 fully saturated rings. The van der Waals surface area contributed by atoms with Crippen LogP contribution in [0.5, 0.6) is 0 Å². The maximum atomic E-state index is 4.01. The number of hydrogen-bond donors (Lipinski definition) is 1. The first-order valence-electron chi connectivity index (χ1n) is 5.38. The molecule has 0 spiro atoms. The Bertz CT molecular complexity index is 424. The normalized spacial score (nSPS) is 11.0. The summed E-state index contributed by atoms with van der Waals surface area (Å²) in [6, 6.07) is 2.05. The van der Waals surface area contributed by atoms with Crippen molar-refractivity contribution in [3.8, 4) is 0 Å². The van der Waals surface area contributed by atoms with Gasteiger partial charge in [-0.2, -0.15) is 5.10 Å². The largest absolute Gasteiger partial charge is 0.345 e. The molecule has 15 heavy (non-hydrogen) atoms. The SMILES string of the molecule is CC.CC(C)(C)c1cnnc2[nH]ccc12. The highest BCUT2D eigenvalue weighted by Crippen LogP contribution is 2.27. The topological polar surface area (TPSA) is 41.6 Å². The van der Waals surface area contributed by atoms with Gasteiger partial charge >= 0.3 is 0 Å². The molecule has 2 aromatic heterocycles. The number of hydrogen-bond acceptors (Lipinski definition) is 2. The lowest BCUT2D eigenvalue weighted by Crippen LogP contribution is -2.12. The van der Waals surface area contributed by atoms with E-state index >= 15 is 0 Å². The molecule has 0 aliphatic heterocycles. The Hall–Kier alpha value is -1.38. The van der Waals surface area contributed by atoms with Gasteiger partial charge in [0.05, 0.1) is 6.20 Å². The zero-order valence-corrected chi connectivity index (χ0v) is 10.1. The summed E-state index contributed by atoms with van der Waals surface area (Å²) in [5.41, 5.74) is 2.22. The molecule has 0 bridgehead atoms. The molecule has 1 N–H and O–H groups in total. The molecule has 0 radical (unpaired) electrons. The number of rotatable bonds is 0. The quantitative estimate of drug-likeness (QED) is 0.717. The first kappa shape index (κ1) is 11.7. The van der Waals surface area contributed by atoms with E-state index in [4.69, 9.17) is 0 Å². The van der Waals surface area contributed by atoms with Gasteiger partial charge in [0.25, 0.3) is 0 Å². The van der Waals surface area contributed by atoms with Crippen LogP contribution < -0.4 is 0 Å². The highest BCUT2D eigenvalue weighted by Gasteiger charge is 2.17. The van der Waals surface area contributed by atoms with Gasteiger partial charge in [0.2, 0.25) is 0 Å². The highest BCUT2D eigenvalue weighted by molar-refractivity contribution is 5.79. The zero-order valence-electron chi connectivity index (χ0n) is 10.1. The second-order valence-electron chi connectivity index (χ2n) is 4.25. The average Bonchev–Trinajstić information content (AvgIpc) is 2.66. The summed E-state index contributed by atoms with van der Waals surface area (Å²) < 4.78 is 0. The van der Waals surface area contributed by atoms with E-state index < -0.39 is 0 Å². The molecule has 0 saturated carbocycles. The lowest BCUT2D eigenvalue weighted by atomic mass is 9.87. The highest BCUT2D eigenvalue weighted by atomic mass is 15.1. The molecule has 2 aromatic rings. The van der Waals surface area contributed by atoms with Gasteiger partial charge in [0.1, 0.15) is 0 Å². The third kappa shape index (κ3) is 2.35. The molecule has 82 valence electrons. The molecule has 0 saturated heterocycles. The second-order valence-corrected chi connectivity index (χ2v) is 4.25. The summed E-state index contributed by atoms with van der Waals surface area (Å²) in [5.74, 6) is 0. The molecule has 2 rings (SSSR count). The molecule has 0 unspecified atom stereocenters. The Balaban J connectivity index is 0.000000531. The maximum Gasteiger partial charge on any atom is 0.160 e. The number of nitrogens with one attached hydrogen (secondary N) is 1. The van der Waals surface area contributed by atoms with Crippen molar-refractivity contribution in [1.29, 1.82) is 0 Å². The third-order valence-electron chi connectivity index (χ3n) is 2.17. The van der Waals surface area contributed by atoms with Crippen molar-refractivity contribution in [2.75, 3.05) is 0 Å². The molecule has 0 aromatic carbocycles. The van der Waals surface area contributed by atoms with E-state index in [1.54, 1.807) is 0 Å². The van der Waals surface area contributed by atoms with Crippen LogP contribution in [0.15, 0.2) is 18.5 Å². The minimum Gasteiger partial charge on any atom is -0.345 e. The van der Waals surface area contributed by atoms with Crippen LogP contribution in [0, 0.1) is 0 Å². The van der Waals surface area contributed by atoms with E-state index in [1.807, 2.05) is 32.3 Å². The van der Waals surface area contributed by atoms with E-state index in [-0.39, 0.29) is 5.41 Å². The van der Waals surface area contributed by atoms with Crippen molar-refractivity contribution in [3.63, 3.8) is 0 Å². The van der Waals surface area contributed by atoms with Crippen molar-refractivity contribution in [2.24, 2.45) is 0 Å². The standard InChI is InChI=1S/C10H13N3.C2H6/c1-10(2,3)8-6-12-13-9-7(8)4-5-11-9;1-2/h4-6H,1-3H3,(H,11,13);1-2H3. The van der Waals surface area contributed by atoms with Crippen molar-refractivity contribution in [3.05, 3.63) is 24.0 Å². The number of aromatic nitrogens is 3. The Morgan fingerprint density at radius 3 is 2.47 bits per heavy atom. The molecular weight excluding hydrogens is 186 g/mol. The first-order chi connectivity index (χ1) is 7.09. The van der Waals surface area contributed by atoms with E-state index in [2.05, 4.69) is 36.0 Å². The molecule has 0 atom stereocenters. The summed E-state index contributed by atoms with van der Waals surface area (Å²) >= 11 is 0. The van der Waals surface area contributed by atoms with Crippen LogP contribution in [0.4, 0.5) is 0 Å². The smallest absolute Gasteiger partial charge is 0.160 e. The fourth-order valence-corrected chi connectivity index (χ4v) is 1.47. The minimum absolute atomic E-state index is 0.121. The van der Waals surface area contributed by atoms with Crippen molar-refractivity contribution in [2.45, 2.75) is 40.0 Å². The van der Waals surface area contributed by atoms with Crippen LogP contribution in [-0.2, 0) is 5.41 Å². The van der Waals surface area contributed by atoms with E-state index in [0.29, 0.717) is 0 Å². The van der Waals surface area contributed by atoms with Gasteiger partial charge in [-0.3, -0.25) is 0 Å². The Morgan fingerprint density at radius 1 is 1.20 bits per heavy atom. The van der Waals surface area contributed by atoms with Crippen LogP contribution in [0.25, 0.3) is 11.0 Å². The fraction of sp³-hybridized carbons (Fsp3) is 0.500. The lowest BCUT2D eigenvalue weighted by molar-refractivity contribution is 0.591. The minimum atomic E-state index is 0.121. The summed E-state index contributed by atoms with van der Waals surface area (Å²) in [4.78, 5) is 3.06. The number of nitrogens with zero attached hydrogens (tertiary/aromatic N) is 2. The maximum absolute atomic E-state index is 4.01. The van der Waals surface area contributed by atoms with Gasteiger partial charge < -0.3 is 4.98 Å². The molecular formula is C12H19N3. The average molecular weight is 205 g/mol. The second kappa shape index (κ2) is 4.43. The van der Waals surface area contributed by atoms with E-state index in [9.17, 15) is 0 Å². The Labute approximate surface area is 90.9 Å². The molecule has 2 heterocycles. The zero-order chi connectivity index (χ0) is 11.5. The predicted molar refractivity (Wildman–Crippen MR) is 63.9 cm³/mol. The summed E-state index contributed by atoms with van der Waals surface area (Å²) in [6.07, 6.45) is 3.74. The van der Waals surface area contributed by atoms with Gasteiger partial charge in [0, 0.05) is 11.6 Å². The van der Waals surface area contributed by atoms with Crippen molar-refractivity contribution < 1.29 is 0 Å². The van der Waals surface area contributed by atoms with Crippen LogP contribution in [0.1, 0.15) is 40.2 Å². The van der Waals surface area contributed by atoms with Crippen LogP contribution in [-0.4, -0.2) is 15.2 Å². The molecule has 3 nitrogen and oxygen atoms in total. The lowest BCUT2D eigenvalue weighted by Gasteiger charge is -2.18. The van der Waals surface area contributed by atoms with E-state index in [0.717, 1.165) is 5.65 Å². The summed E-state index contributed by atoms with van der Waals surface area (Å²) in [6.45, 7) is 10.5. The predicted octanol–water partition coefficient (Wildman–Crippen LogP) is 3.28. The molecule has 0 aliphatic carbocycles. The molecule has 0 aliphatic rings.